The van der Waals surface area contributed by atoms with Crippen LogP contribution in [0, 0.1) is 20.8 Å². The molecule has 1 aliphatic heterocycles. The first-order valence-electron chi connectivity index (χ1n) is 10.2. The zero-order valence-electron chi connectivity index (χ0n) is 18.0. The van der Waals surface area contributed by atoms with Crippen molar-refractivity contribution >= 4 is 21.8 Å². The fraction of sp³-hybridized carbons (Fsp3) is 0.619. The smallest absolute Gasteiger partial charge is 0.243 e. The van der Waals surface area contributed by atoms with Crippen LogP contribution in [0.5, 0.6) is 0 Å². The quantitative estimate of drug-likeness (QED) is 0.649. The molecule has 1 aromatic carbocycles. The van der Waals surface area contributed by atoms with Gasteiger partial charge in [0, 0.05) is 46.1 Å². The average Bonchev–Trinajstić information content (AvgIpc) is 2.63. The van der Waals surface area contributed by atoms with Crippen molar-refractivity contribution in [1.82, 2.24) is 14.5 Å². The second kappa shape index (κ2) is 10.2. The van der Waals surface area contributed by atoms with Crippen LogP contribution in [-0.2, 0) is 19.6 Å². The molecule has 2 amide bonds. The van der Waals surface area contributed by atoms with Gasteiger partial charge < -0.3 is 10.2 Å². The summed E-state index contributed by atoms with van der Waals surface area (Å²) in [6, 6.07) is 3.79. The van der Waals surface area contributed by atoms with Gasteiger partial charge in [-0.3, -0.25) is 9.59 Å². The molecule has 0 saturated carbocycles. The van der Waals surface area contributed by atoms with Crippen molar-refractivity contribution in [3.05, 3.63) is 28.8 Å². The van der Waals surface area contributed by atoms with Crippen molar-refractivity contribution in [2.24, 2.45) is 0 Å². The topological polar surface area (TPSA) is 86.8 Å². The van der Waals surface area contributed by atoms with E-state index in [4.69, 9.17) is 0 Å². The molecule has 0 bridgehead atoms. The Balaban J connectivity index is 1.85. The Labute approximate surface area is 174 Å². The second-order valence-corrected chi connectivity index (χ2v) is 9.68. The molecule has 0 unspecified atom stereocenters. The zero-order chi connectivity index (χ0) is 21.6. The molecule has 8 heteroatoms. The van der Waals surface area contributed by atoms with Crippen LogP contribution in [-0.4, -0.2) is 62.2 Å². The molecule has 2 rings (SSSR count). The summed E-state index contributed by atoms with van der Waals surface area (Å²) in [6.45, 7) is 9.25. The predicted octanol–water partition coefficient (Wildman–Crippen LogP) is 2.14. The van der Waals surface area contributed by atoms with Crippen LogP contribution in [0.1, 0.15) is 49.3 Å². The van der Waals surface area contributed by atoms with Gasteiger partial charge in [-0.05, 0) is 44.7 Å². The summed E-state index contributed by atoms with van der Waals surface area (Å²) < 4.78 is 27.8. The molecule has 162 valence electrons. The third-order valence-electron chi connectivity index (χ3n) is 5.24. The molecular weight excluding hydrogens is 390 g/mol. The van der Waals surface area contributed by atoms with Gasteiger partial charge in [0.2, 0.25) is 21.8 Å². The first-order chi connectivity index (χ1) is 13.6. The molecular formula is C21H33N3O4S. The summed E-state index contributed by atoms with van der Waals surface area (Å²) in [7, 11) is -3.56. The summed E-state index contributed by atoms with van der Waals surface area (Å²) in [4.78, 5) is 25.4. The van der Waals surface area contributed by atoms with E-state index in [0.29, 0.717) is 44.0 Å². The van der Waals surface area contributed by atoms with Gasteiger partial charge >= 0.3 is 0 Å². The summed E-state index contributed by atoms with van der Waals surface area (Å²) >= 11 is 0. The molecule has 1 aromatic rings. The van der Waals surface area contributed by atoms with Gasteiger partial charge in [-0.2, -0.15) is 4.31 Å². The highest BCUT2D eigenvalue weighted by Gasteiger charge is 2.31. The lowest BCUT2D eigenvalue weighted by atomic mass is 10.1. The van der Waals surface area contributed by atoms with E-state index >= 15 is 0 Å². The van der Waals surface area contributed by atoms with E-state index in [0.717, 1.165) is 36.0 Å². The Kier molecular flexibility index (Phi) is 8.22. The highest BCUT2D eigenvalue weighted by Crippen LogP contribution is 2.26. The van der Waals surface area contributed by atoms with Gasteiger partial charge in [0.25, 0.3) is 0 Å². The van der Waals surface area contributed by atoms with Crippen LogP contribution < -0.4 is 5.32 Å². The number of sulfonamides is 1. The minimum absolute atomic E-state index is 0.0371. The van der Waals surface area contributed by atoms with Crippen LogP contribution in [0.25, 0.3) is 0 Å². The van der Waals surface area contributed by atoms with Crippen LogP contribution in [0.2, 0.25) is 0 Å². The van der Waals surface area contributed by atoms with E-state index in [1.165, 1.54) is 11.2 Å². The predicted molar refractivity (Wildman–Crippen MR) is 113 cm³/mol. The van der Waals surface area contributed by atoms with Crippen LogP contribution in [0.3, 0.4) is 0 Å². The number of amides is 2. The number of benzene rings is 1. The van der Waals surface area contributed by atoms with Crippen molar-refractivity contribution in [3.63, 3.8) is 0 Å². The maximum atomic E-state index is 13.1. The van der Waals surface area contributed by atoms with Gasteiger partial charge in [0.1, 0.15) is 0 Å². The molecule has 1 aliphatic rings. The van der Waals surface area contributed by atoms with Gasteiger partial charge in [-0.15, -0.1) is 0 Å². The Morgan fingerprint density at radius 3 is 2.10 bits per heavy atom. The third kappa shape index (κ3) is 6.27. The lowest BCUT2D eigenvalue weighted by Crippen LogP contribution is -2.50. The van der Waals surface area contributed by atoms with Crippen molar-refractivity contribution < 1.29 is 18.0 Å². The standard InChI is InChI=1S/C21H33N3O4S/c1-16-14-17(2)21(18(3)15-16)29(27,28)24-12-10-23(11-13-24)20(26)8-6-5-7-9-22-19(4)25/h14-15H,5-13H2,1-4H3,(H,22,25). The van der Waals surface area contributed by atoms with Crippen molar-refractivity contribution in [2.75, 3.05) is 32.7 Å². The number of nitrogens with one attached hydrogen (secondary N) is 1. The molecule has 1 fully saturated rings. The van der Waals surface area contributed by atoms with Crippen molar-refractivity contribution in [1.29, 1.82) is 0 Å². The maximum absolute atomic E-state index is 13.1. The van der Waals surface area contributed by atoms with Gasteiger partial charge in [0.15, 0.2) is 0 Å². The Morgan fingerprint density at radius 2 is 1.55 bits per heavy atom. The summed E-state index contributed by atoms with van der Waals surface area (Å²) in [5.74, 6) is 0.0363. The van der Waals surface area contributed by atoms with E-state index in [-0.39, 0.29) is 11.8 Å². The molecule has 0 radical (unpaired) electrons. The molecule has 0 aliphatic carbocycles. The number of hydrogen-bond donors (Lipinski definition) is 1. The van der Waals surface area contributed by atoms with Crippen LogP contribution in [0.15, 0.2) is 17.0 Å². The first-order valence-corrected chi connectivity index (χ1v) is 11.7. The Bertz CT molecular complexity index is 820. The molecule has 7 nitrogen and oxygen atoms in total. The van der Waals surface area contributed by atoms with E-state index in [2.05, 4.69) is 5.32 Å². The van der Waals surface area contributed by atoms with E-state index in [1.807, 2.05) is 32.9 Å². The number of carbonyl (C=O) groups is 2. The normalized spacial score (nSPS) is 15.4. The lowest BCUT2D eigenvalue weighted by Gasteiger charge is -2.34. The van der Waals surface area contributed by atoms with Crippen molar-refractivity contribution in [3.8, 4) is 0 Å². The minimum atomic E-state index is -3.56. The largest absolute Gasteiger partial charge is 0.356 e. The molecule has 1 N–H and O–H groups in total. The van der Waals surface area contributed by atoms with Gasteiger partial charge in [0.05, 0.1) is 4.90 Å². The van der Waals surface area contributed by atoms with Crippen LogP contribution >= 0.6 is 0 Å². The number of aryl methyl sites for hydroxylation is 3. The lowest BCUT2D eigenvalue weighted by molar-refractivity contribution is -0.132. The van der Waals surface area contributed by atoms with Crippen molar-refractivity contribution in [2.45, 2.75) is 58.3 Å². The number of rotatable bonds is 8. The van der Waals surface area contributed by atoms with E-state index in [1.54, 1.807) is 4.90 Å². The maximum Gasteiger partial charge on any atom is 0.243 e. The summed E-state index contributed by atoms with van der Waals surface area (Å²) in [5.41, 5.74) is 2.58. The second-order valence-electron chi connectivity index (χ2n) is 7.81. The minimum Gasteiger partial charge on any atom is -0.356 e. The Hall–Kier alpha value is -1.93. The first kappa shape index (κ1) is 23.3. The van der Waals surface area contributed by atoms with E-state index in [9.17, 15) is 18.0 Å². The number of piperazine rings is 1. The van der Waals surface area contributed by atoms with Crippen LogP contribution in [0.4, 0.5) is 0 Å². The van der Waals surface area contributed by atoms with Gasteiger partial charge in [-0.1, -0.05) is 24.1 Å². The fourth-order valence-electron chi connectivity index (χ4n) is 3.88. The average molecular weight is 424 g/mol. The third-order valence-corrected chi connectivity index (χ3v) is 7.44. The highest BCUT2D eigenvalue weighted by atomic mass is 32.2. The SMILES string of the molecule is CC(=O)NCCCCCC(=O)N1CCN(S(=O)(=O)c2c(C)cc(C)cc2C)CC1. The fourth-order valence-corrected chi connectivity index (χ4v) is 5.71. The molecule has 0 atom stereocenters. The van der Waals surface area contributed by atoms with Gasteiger partial charge in [-0.25, -0.2) is 8.42 Å². The zero-order valence-corrected chi connectivity index (χ0v) is 18.8. The molecule has 0 spiro atoms. The highest BCUT2D eigenvalue weighted by molar-refractivity contribution is 7.89. The molecule has 1 heterocycles. The summed E-state index contributed by atoms with van der Waals surface area (Å²) in [6.07, 6.45) is 2.97. The number of unbranched alkanes of at least 4 members (excludes halogenated alkanes) is 2. The molecule has 29 heavy (non-hydrogen) atoms. The Morgan fingerprint density at radius 1 is 0.966 bits per heavy atom. The molecule has 0 aromatic heterocycles. The number of hydrogen-bond acceptors (Lipinski definition) is 4. The number of carbonyl (C=O) groups excluding carboxylic acids is 2. The number of nitrogens with zero attached hydrogens (tertiary/aromatic N) is 2. The molecule has 1 saturated heterocycles. The monoisotopic (exact) mass is 423 g/mol. The summed E-state index contributed by atoms with van der Waals surface area (Å²) in [5, 5.41) is 2.74. The van der Waals surface area contributed by atoms with E-state index < -0.39 is 10.0 Å².